The molecule has 1 saturated heterocycles. The summed E-state index contributed by atoms with van der Waals surface area (Å²) in [5.74, 6) is -0.208. The zero-order valence-corrected chi connectivity index (χ0v) is 23.4. The van der Waals surface area contributed by atoms with Gasteiger partial charge >= 0.3 is 0 Å². The van der Waals surface area contributed by atoms with Crippen LogP contribution in [0, 0.1) is 12.7 Å². The van der Waals surface area contributed by atoms with Crippen LogP contribution in [0.2, 0.25) is 5.02 Å². The van der Waals surface area contributed by atoms with E-state index in [0.717, 1.165) is 11.1 Å². The number of Topliss-reactive ketones (excluding diaryl/α,β-unsaturated/α-hetero) is 1. The predicted octanol–water partition coefficient (Wildman–Crippen LogP) is 6.21. The van der Waals surface area contributed by atoms with Crippen LogP contribution in [-0.2, 0) is 22.4 Å². The lowest BCUT2D eigenvalue weighted by Crippen LogP contribution is -2.42. The minimum absolute atomic E-state index is 0.0657. The van der Waals surface area contributed by atoms with E-state index in [-0.39, 0.29) is 36.9 Å². The fourth-order valence-corrected chi connectivity index (χ4v) is 5.38. The van der Waals surface area contributed by atoms with E-state index in [2.05, 4.69) is 9.97 Å². The molecule has 2 atom stereocenters. The molecule has 0 N–H and O–H groups in total. The Morgan fingerprint density at radius 1 is 1.00 bits per heavy atom. The average Bonchev–Trinajstić information content (AvgIpc) is 3.37. The quantitative estimate of drug-likeness (QED) is 0.250. The van der Waals surface area contributed by atoms with Gasteiger partial charge in [0.15, 0.2) is 5.78 Å². The highest BCUT2D eigenvalue weighted by Gasteiger charge is 2.39. The van der Waals surface area contributed by atoms with Gasteiger partial charge in [0.05, 0.1) is 26.1 Å². The lowest BCUT2D eigenvalue weighted by Gasteiger charge is -2.24. The monoisotopic (exact) mass is 575 g/mol. The molecule has 4 aromatic rings. The van der Waals surface area contributed by atoms with Crippen molar-refractivity contribution < 1.29 is 23.1 Å². The minimum Gasteiger partial charge on any atom is -0.497 e. The molecule has 41 heavy (non-hydrogen) atoms. The molecule has 2 heterocycles. The summed E-state index contributed by atoms with van der Waals surface area (Å²) in [5, 5.41) is 0.387. The number of nitrogens with zero attached hydrogens (tertiary/aromatic N) is 3. The number of ether oxygens (including phenoxy) is 1. The standard InChI is InChI=1S/C32H28ClF2N3O3/c1-19-36-16-23(17-37-19)22-10-20(11-25(13-22)41-2)12-31(40)38-18-24(34)15-29(38)30(39)14-21-6-5-8-27(32(21)35)26-7-3-4-9-28(26)33/h3-11,13,16-17,24,29H,12,14-15,18H2,1-2H3/t24-,29?/m1/s1. The first-order valence-electron chi connectivity index (χ1n) is 13.2. The number of hydrogen-bond acceptors (Lipinski definition) is 5. The summed E-state index contributed by atoms with van der Waals surface area (Å²) in [6, 6.07) is 16.0. The number of aryl methyl sites for hydroxylation is 1. The van der Waals surface area contributed by atoms with Crippen LogP contribution in [0.3, 0.4) is 0 Å². The van der Waals surface area contributed by atoms with Gasteiger partial charge in [0, 0.05) is 46.9 Å². The summed E-state index contributed by atoms with van der Waals surface area (Å²) < 4.78 is 35.5. The molecule has 0 bridgehead atoms. The van der Waals surface area contributed by atoms with Gasteiger partial charge in [-0.05, 0) is 41.8 Å². The van der Waals surface area contributed by atoms with E-state index in [4.69, 9.17) is 16.3 Å². The molecule has 5 rings (SSSR count). The molecule has 1 fully saturated rings. The first-order valence-corrected chi connectivity index (χ1v) is 13.6. The number of halogens is 3. The van der Waals surface area contributed by atoms with Crippen molar-refractivity contribution in [3.05, 3.63) is 101 Å². The number of carbonyl (C=O) groups is 2. The van der Waals surface area contributed by atoms with Gasteiger partial charge in [-0.15, -0.1) is 0 Å². The van der Waals surface area contributed by atoms with Crippen molar-refractivity contribution in [1.29, 1.82) is 0 Å². The van der Waals surface area contributed by atoms with Gasteiger partial charge in [0.25, 0.3) is 0 Å². The third-order valence-electron chi connectivity index (χ3n) is 7.22. The average molecular weight is 576 g/mol. The van der Waals surface area contributed by atoms with Gasteiger partial charge in [-0.2, -0.15) is 0 Å². The summed E-state index contributed by atoms with van der Waals surface area (Å²) in [6.07, 6.45) is 1.56. The molecule has 1 aliphatic heterocycles. The fourth-order valence-electron chi connectivity index (χ4n) is 5.14. The molecule has 1 aromatic heterocycles. The molecule has 3 aromatic carbocycles. The van der Waals surface area contributed by atoms with Gasteiger partial charge in [-0.1, -0.05) is 54.1 Å². The first kappa shape index (κ1) is 28.4. The minimum atomic E-state index is -1.35. The van der Waals surface area contributed by atoms with Crippen LogP contribution in [0.5, 0.6) is 5.75 Å². The second-order valence-corrected chi connectivity index (χ2v) is 10.5. The van der Waals surface area contributed by atoms with E-state index in [1.165, 1.54) is 18.1 Å². The molecular weight excluding hydrogens is 548 g/mol. The summed E-state index contributed by atoms with van der Waals surface area (Å²) >= 11 is 6.27. The second-order valence-electron chi connectivity index (χ2n) is 10.1. The van der Waals surface area contributed by atoms with Crippen molar-refractivity contribution >= 4 is 23.3 Å². The second kappa shape index (κ2) is 12.1. The summed E-state index contributed by atoms with van der Waals surface area (Å²) in [6.45, 7) is 1.59. The third kappa shape index (κ3) is 6.28. The van der Waals surface area contributed by atoms with Crippen molar-refractivity contribution in [1.82, 2.24) is 14.9 Å². The van der Waals surface area contributed by atoms with Gasteiger partial charge < -0.3 is 9.64 Å². The zero-order chi connectivity index (χ0) is 29.1. The van der Waals surface area contributed by atoms with Crippen LogP contribution in [0.4, 0.5) is 8.78 Å². The van der Waals surface area contributed by atoms with E-state index >= 15 is 4.39 Å². The van der Waals surface area contributed by atoms with Gasteiger partial charge in [-0.25, -0.2) is 18.7 Å². The molecule has 1 amide bonds. The summed E-state index contributed by atoms with van der Waals surface area (Å²) in [7, 11) is 1.53. The van der Waals surface area contributed by atoms with Crippen molar-refractivity contribution in [3.8, 4) is 28.0 Å². The molecule has 1 unspecified atom stereocenters. The Morgan fingerprint density at radius 3 is 2.46 bits per heavy atom. The van der Waals surface area contributed by atoms with Crippen LogP contribution < -0.4 is 4.74 Å². The Labute approximate surface area is 242 Å². The number of likely N-dealkylation sites (tertiary alicyclic amines) is 1. The number of aromatic nitrogens is 2. The Bertz CT molecular complexity index is 1600. The van der Waals surface area contributed by atoms with Gasteiger partial charge in [0.1, 0.15) is 23.6 Å². The normalized spacial score (nSPS) is 16.6. The molecule has 0 aliphatic carbocycles. The van der Waals surface area contributed by atoms with E-state index in [0.29, 0.717) is 27.7 Å². The van der Waals surface area contributed by atoms with Crippen molar-refractivity contribution in [2.24, 2.45) is 0 Å². The highest BCUT2D eigenvalue weighted by Crippen LogP contribution is 2.32. The first-order chi connectivity index (χ1) is 19.7. The van der Waals surface area contributed by atoms with Gasteiger partial charge in [0.2, 0.25) is 5.91 Å². The molecule has 1 aliphatic rings. The van der Waals surface area contributed by atoms with Crippen molar-refractivity contribution in [2.45, 2.75) is 38.4 Å². The Morgan fingerprint density at radius 2 is 1.73 bits per heavy atom. The van der Waals surface area contributed by atoms with E-state index in [1.54, 1.807) is 61.8 Å². The van der Waals surface area contributed by atoms with E-state index < -0.39 is 29.7 Å². The Hall–Kier alpha value is -4.17. The molecule has 0 saturated carbocycles. The predicted molar refractivity (Wildman–Crippen MR) is 153 cm³/mol. The highest BCUT2D eigenvalue weighted by atomic mass is 35.5. The molecule has 6 nitrogen and oxygen atoms in total. The fraction of sp³-hybridized carbons (Fsp3) is 0.250. The van der Waals surface area contributed by atoms with Crippen molar-refractivity contribution in [3.63, 3.8) is 0 Å². The van der Waals surface area contributed by atoms with E-state index in [1.807, 2.05) is 12.1 Å². The SMILES string of the molecule is COc1cc(CC(=O)N2C[C@H](F)CC2C(=O)Cc2cccc(-c3ccccc3Cl)c2F)cc(-c2cnc(C)nc2)c1. The number of hydrogen-bond donors (Lipinski definition) is 0. The number of amides is 1. The smallest absolute Gasteiger partial charge is 0.227 e. The highest BCUT2D eigenvalue weighted by molar-refractivity contribution is 6.33. The number of carbonyl (C=O) groups excluding carboxylic acids is 2. The molecule has 0 spiro atoms. The van der Waals surface area contributed by atoms with E-state index in [9.17, 15) is 14.0 Å². The number of benzene rings is 3. The Kier molecular flexibility index (Phi) is 8.40. The van der Waals surface area contributed by atoms with Crippen LogP contribution >= 0.6 is 11.6 Å². The maximum Gasteiger partial charge on any atom is 0.227 e. The number of alkyl halides is 1. The topological polar surface area (TPSA) is 72.4 Å². The molecule has 0 radical (unpaired) electrons. The maximum absolute atomic E-state index is 15.5. The molecular formula is C32H28ClF2N3O3. The van der Waals surface area contributed by atoms with Gasteiger partial charge in [-0.3, -0.25) is 9.59 Å². The molecule has 210 valence electrons. The van der Waals surface area contributed by atoms with Crippen LogP contribution in [0.1, 0.15) is 23.4 Å². The summed E-state index contributed by atoms with van der Waals surface area (Å²) in [4.78, 5) is 36.5. The lowest BCUT2D eigenvalue weighted by molar-refractivity contribution is -0.136. The Balaban J connectivity index is 1.35. The number of methoxy groups -OCH3 is 1. The lowest BCUT2D eigenvalue weighted by atomic mass is 9.96. The third-order valence-corrected chi connectivity index (χ3v) is 7.55. The maximum atomic E-state index is 15.5. The zero-order valence-electron chi connectivity index (χ0n) is 22.6. The van der Waals surface area contributed by atoms with Crippen LogP contribution in [-0.4, -0.2) is 52.4 Å². The van der Waals surface area contributed by atoms with Crippen molar-refractivity contribution in [2.75, 3.05) is 13.7 Å². The van der Waals surface area contributed by atoms with Crippen LogP contribution in [0.25, 0.3) is 22.3 Å². The summed E-state index contributed by atoms with van der Waals surface area (Å²) in [5.41, 5.74) is 3.10. The molecule has 9 heteroatoms. The largest absolute Gasteiger partial charge is 0.497 e. The number of ketones is 1. The number of rotatable bonds is 8. The van der Waals surface area contributed by atoms with Crippen LogP contribution in [0.15, 0.2) is 73.1 Å².